The fraction of sp³-hybridized carbons (Fsp3) is 0.364. The van der Waals surface area contributed by atoms with Crippen LogP contribution in [0.1, 0.15) is 35.3 Å². The van der Waals surface area contributed by atoms with Gasteiger partial charge in [-0.25, -0.2) is 8.42 Å². The Hall–Kier alpha value is -2.29. The van der Waals surface area contributed by atoms with Gasteiger partial charge in [0.05, 0.1) is 27.5 Å². The maximum atomic E-state index is 12.9. The molecule has 160 valence electrons. The van der Waals surface area contributed by atoms with E-state index in [1.165, 1.54) is 23.5 Å². The van der Waals surface area contributed by atoms with Crippen molar-refractivity contribution in [2.75, 3.05) is 19.0 Å². The predicted octanol–water partition coefficient (Wildman–Crippen LogP) is 3.89. The summed E-state index contributed by atoms with van der Waals surface area (Å²) >= 11 is 1.46. The Morgan fingerprint density at radius 2 is 1.93 bits per heavy atom. The number of amides is 1. The molecule has 3 aromatic rings. The maximum absolute atomic E-state index is 12.9. The van der Waals surface area contributed by atoms with Gasteiger partial charge in [-0.15, -0.1) is 0 Å². The van der Waals surface area contributed by atoms with Crippen molar-refractivity contribution >= 4 is 37.3 Å². The fourth-order valence-corrected chi connectivity index (χ4v) is 5.29. The molecular weight excluding hydrogens is 420 g/mol. The minimum absolute atomic E-state index is 0.0197. The van der Waals surface area contributed by atoms with Crippen molar-refractivity contribution in [3.63, 3.8) is 0 Å². The number of benzene rings is 2. The zero-order chi connectivity index (χ0) is 21.9. The molecule has 0 aliphatic heterocycles. The van der Waals surface area contributed by atoms with Gasteiger partial charge >= 0.3 is 0 Å². The summed E-state index contributed by atoms with van der Waals surface area (Å²) in [6.45, 7) is 9.31. The van der Waals surface area contributed by atoms with Crippen molar-refractivity contribution in [2.24, 2.45) is 4.99 Å². The number of fused-ring (bicyclic) bond motifs is 1. The average molecular weight is 447 g/mol. The number of ether oxygens (including phenoxy) is 1. The molecule has 0 aliphatic carbocycles. The molecule has 2 aromatic carbocycles. The fourth-order valence-electron chi connectivity index (χ4n) is 3.25. The van der Waals surface area contributed by atoms with Crippen molar-refractivity contribution in [1.82, 2.24) is 4.57 Å². The quantitative estimate of drug-likeness (QED) is 0.516. The first kappa shape index (κ1) is 22.4. The standard InChI is InChI=1S/C22H26N2O4S2/c1-5-28-11-10-24-19-13-15(3)12-16(4)20(19)29-22(24)23-21(25)17-8-7-9-18(14-17)30(26,27)6-2/h7-9,12-14H,5-6,10-11H2,1-4H3. The van der Waals surface area contributed by atoms with Crippen LogP contribution in [0.5, 0.6) is 0 Å². The lowest BCUT2D eigenvalue weighted by molar-refractivity contribution is 0.0996. The van der Waals surface area contributed by atoms with Crippen LogP contribution in [0.25, 0.3) is 10.2 Å². The van der Waals surface area contributed by atoms with Crippen LogP contribution in [-0.2, 0) is 21.1 Å². The zero-order valence-corrected chi connectivity index (χ0v) is 19.3. The summed E-state index contributed by atoms with van der Waals surface area (Å²) in [4.78, 5) is 18.0. The van der Waals surface area contributed by atoms with Crippen LogP contribution in [0.3, 0.4) is 0 Å². The maximum Gasteiger partial charge on any atom is 0.279 e. The van der Waals surface area contributed by atoms with Crippen LogP contribution < -0.4 is 4.80 Å². The van der Waals surface area contributed by atoms with E-state index in [1.807, 2.05) is 25.3 Å². The normalized spacial score (nSPS) is 12.6. The summed E-state index contributed by atoms with van der Waals surface area (Å²) in [6.07, 6.45) is 0. The molecule has 1 heterocycles. The molecule has 0 fully saturated rings. The molecule has 30 heavy (non-hydrogen) atoms. The van der Waals surface area contributed by atoms with Crippen molar-refractivity contribution in [2.45, 2.75) is 39.1 Å². The number of rotatable bonds is 7. The van der Waals surface area contributed by atoms with Gasteiger partial charge in [-0.2, -0.15) is 4.99 Å². The lowest BCUT2D eigenvalue weighted by atomic mass is 10.1. The molecule has 0 bridgehead atoms. The number of aromatic nitrogens is 1. The van der Waals surface area contributed by atoms with Gasteiger partial charge in [0.1, 0.15) is 0 Å². The number of hydrogen-bond donors (Lipinski definition) is 0. The second-order valence-corrected chi connectivity index (χ2v) is 10.3. The van der Waals surface area contributed by atoms with Crippen LogP contribution in [-0.4, -0.2) is 37.9 Å². The van der Waals surface area contributed by atoms with E-state index in [1.54, 1.807) is 19.1 Å². The first-order chi connectivity index (χ1) is 14.3. The third-order valence-corrected chi connectivity index (χ3v) is 7.76. The highest BCUT2D eigenvalue weighted by molar-refractivity contribution is 7.91. The van der Waals surface area contributed by atoms with Gasteiger partial charge in [0.2, 0.25) is 0 Å². The van der Waals surface area contributed by atoms with Crippen LogP contribution in [0.2, 0.25) is 0 Å². The average Bonchev–Trinajstić information content (AvgIpc) is 3.06. The zero-order valence-electron chi connectivity index (χ0n) is 17.6. The summed E-state index contributed by atoms with van der Waals surface area (Å²) in [5.41, 5.74) is 3.54. The number of carbonyl (C=O) groups excluding carboxylic acids is 1. The number of carbonyl (C=O) groups is 1. The number of sulfone groups is 1. The predicted molar refractivity (Wildman–Crippen MR) is 120 cm³/mol. The highest BCUT2D eigenvalue weighted by Gasteiger charge is 2.15. The third-order valence-electron chi connectivity index (χ3n) is 4.80. The molecule has 0 N–H and O–H groups in total. The molecule has 3 rings (SSSR count). The summed E-state index contributed by atoms with van der Waals surface area (Å²) in [5.74, 6) is -0.483. The first-order valence-corrected chi connectivity index (χ1v) is 12.3. The second kappa shape index (κ2) is 9.24. The van der Waals surface area contributed by atoms with Crippen molar-refractivity contribution in [1.29, 1.82) is 0 Å². The van der Waals surface area contributed by atoms with Gasteiger partial charge < -0.3 is 9.30 Å². The highest BCUT2D eigenvalue weighted by atomic mass is 32.2. The minimum atomic E-state index is -3.39. The molecule has 1 amide bonds. The lowest BCUT2D eigenvalue weighted by Crippen LogP contribution is -2.20. The number of nitrogens with zero attached hydrogens (tertiary/aromatic N) is 2. The Kier molecular flexibility index (Phi) is 6.90. The van der Waals surface area contributed by atoms with Gasteiger partial charge in [0.25, 0.3) is 5.91 Å². The van der Waals surface area contributed by atoms with E-state index in [0.717, 1.165) is 21.3 Å². The smallest absolute Gasteiger partial charge is 0.279 e. The van der Waals surface area contributed by atoms with Gasteiger partial charge in [-0.05, 0) is 56.2 Å². The Morgan fingerprint density at radius 1 is 1.17 bits per heavy atom. The molecule has 0 unspecified atom stereocenters. The van der Waals surface area contributed by atoms with Crippen LogP contribution in [0.4, 0.5) is 0 Å². The summed E-state index contributed by atoms with van der Waals surface area (Å²) < 4.78 is 32.9. The third kappa shape index (κ3) is 4.71. The molecule has 0 aliphatic rings. The SMILES string of the molecule is CCOCCn1c(=NC(=O)c2cccc(S(=O)(=O)CC)c2)sc2c(C)cc(C)cc21. The van der Waals surface area contributed by atoms with E-state index in [9.17, 15) is 13.2 Å². The van der Waals surface area contributed by atoms with Crippen molar-refractivity contribution in [3.8, 4) is 0 Å². The largest absolute Gasteiger partial charge is 0.380 e. The van der Waals surface area contributed by atoms with E-state index in [2.05, 4.69) is 17.1 Å². The number of hydrogen-bond acceptors (Lipinski definition) is 5. The van der Waals surface area contributed by atoms with Gasteiger partial charge in [-0.3, -0.25) is 4.79 Å². The molecule has 0 radical (unpaired) electrons. The van der Waals surface area contributed by atoms with Gasteiger partial charge in [-0.1, -0.05) is 30.4 Å². The lowest BCUT2D eigenvalue weighted by Gasteiger charge is -2.07. The molecule has 0 saturated heterocycles. The van der Waals surface area contributed by atoms with Crippen LogP contribution in [0, 0.1) is 13.8 Å². The molecular formula is C22H26N2O4S2. The Morgan fingerprint density at radius 3 is 2.63 bits per heavy atom. The molecule has 0 atom stereocenters. The van der Waals surface area contributed by atoms with Gasteiger partial charge in [0.15, 0.2) is 14.6 Å². The van der Waals surface area contributed by atoms with Crippen molar-refractivity contribution in [3.05, 3.63) is 57.9 Å². The molecule has 0 spiro atoms. The monoisotopic (exact) mass is 446 g/mol. The van der Waals surface area contributed by atoms with E-state index < -0.39 is 15.7 Å². The van der Waals surface area contributed by atoms with E-state index >= 15 is 0 Å². The Balaban J connectivity index is 2.11. The van der Waals surface area contributed by atoms with E-state index in [-0.39, 0.29) is 16.2 Å². The number of aryl methyl sites for hydroxylation is 2. The molecule has 1 aromatic heterocycles. The Labute approximate surface area is 180 Å². The van der Waals surface area contributed by atoms with E-state index in [0.29, 0.717) is 24.6 Å². The molecule has 6 nitrogen and oxygen atoms in total. The second-order valence-electron chi connectivity index (χ2n) is 7.01. The molecule has 8 heteroatoms. The summed E-state index contributed by atoms with van der Waals surface area (Å²) in [5, 5.41) is 0. The van der Waals surface area contributed by atoms with Crippen molar-refractivity contribution < 1.29 is 17.9 Å². The van der Waals surface area contributed by atoms with Crippen LogP contribution >= 0.6 is 11.3 Å². The summed E-state index contributed by atoms with van der Waals surface area (Å²) in [7, 11) is -3.39. The highest BCUT2D eigenvalue weighted by Crippen LogP contribution is 2.23. The minimum Gasteiger partial charge on any atom is -0.380 e. The van der Waals surface area contributed by atoms with Crippen LogP contribution in [0.15, 0.2) is 46.3 Å². The van der Waals surface area contributed by atoms with E-state index in [4.69, 9.17) is 4.74 Å². The Bertz CT molecular complexity index is 1250. The topological polar surface area (TPSA) is 77.7 Å². The number of thiazole rings is 1. The summed E-state index contributed by atoms with van der Waals surface area (Å²) in [6, 6.07) is 10.3. The van der Waals surface area contributed by atoms with Gasteiger partial charge in [0, 0.05) is 18.7 Å². The molecule has 0 saturated carbocycles. The first-order valence-electron chi connectivity index (χ1n) is 9.87.